The van der Waals surface area contributed by atoms with Crippen LogP contribution < -0.4 is 5.69 Å². The zero-order chi connectivity index (χ0) is 13.6. The first-order valence-electron chi connectivity index (χ1n) is 6.38. The maximum absolute atomic E-state index is 12.1. The molecule has 2 heterocycles. The van der Waals surface area contributed by atoms with E-state index >= 15 is 0 Å². The lowest BCUT2D eigenvalue weighted by Crippen LogP contribution is -2.32. The van der Waals surface area contributed by atoms with Gasteiger partial charge in [-0.3, -0.25) is 4.57 Å². The largest absolute Gasteiger partial charge is 0.326 e. The number of fused-ring (bicyclic) bond motifs is 1. The molecule has 1 atom stereocenters. The molecule has 1 N–H and O–H groups in total. The summed E-state index contributed by atoms with van der Waals surface area (Å²) in [6, 6.07) is 5.41. The van der Waals surface area contributed by atoms with E-state index in [4.69, 9.17) is 0 Å². The Kier molecular flexibility index (Phi) is 2.78. The molecule has 0 amide bonds. The second-order valence-corrected chi connectivity index (χ2v) is 7.41. The molecular formula is C13H16N2O3S. The van der Waals surface area contributed by atoms with Crippen LogP contribution in [0.4, 0.5) is 0 Å². The zero-order valence-corrected chi connectivity index (χ0v) is 11.5. The van der Waals surface area contributed by atoms with Crippen molar-refractivity contribution in [2.75, 3.05) is 11.5 Å². The van der Waals surface area contributed by atoms with Crippen LogP contribution in [0.25, 0.3) is 11.0 Å². The molecule has 0 saturated carbocycles. The number of rotatable bonds is 1. The third-order valence-electron chi connectivity index (χ3n) is 3.74. The van der Waals surface area contributed by atoms with Gasteiger partial charge in [0.15, 0.2) is 9.84 Å². The minimum absolute atomic E-state index is 0.0637. The number of sulfone groups is 1. The lowest BCUT2D eigenvalue weighted by Gasteiger charge is -2.23. The number of aromatic amines is 1. The van der Waals surface area contributed by atoms with Gasteiger partial charge in [0.25, 0.3) is 0 Å². The number of benzene rings is 1. The molecule has 1 fully saturated rings. The molecule has 1 saturated heterocycles. The topological polar surface area (TPSA) is 71.9 Å². The second-order valence-electron chi connectivity index (χ2n) is 5.18. The molecule has 0 aliphatic carbocycles. The SMILES string of the molecule is Cc1cccc2[nH]c(=O)n(C3CCCS(=O)(=O)C3)c12. The Balaban J connectivity index is 2.20. The molecule has 1 aliphatic heterocycles. The number of hydrogen-bond donors (Lipinski definition) is 1. The van der Waals surface area contributed by atoms with Crippen molar-refractivity contribution >= 4 is 20.9 Å². The molecule has 0 bridgehead atoms. The summed E-state index contributed by atoms with van der Waals surface area (Å²) in [6.07, 6.45) is 1.36. The Bertz CT molecular complexity index is 786. The van der Waals surface area contributed by atoms with Crippen LogP contribution >= 0.6 is 0 Å². The van der Waals surface area contributed by atoms with Crippen molar-refractivity contribution in [3.8, 4) is 0 Å². The first-order chi connectivity index (χ1) is 8.98. The second kappa shape index (κ2) is 4.23. The summed E-state index contributed by atoms with van der Waals surface area (Å²) in [6.45, 7) is 1.93. The van der Waals surface area contributed by atoms with Crippen molar-refractivity contribution in [3.63, 3.8) is 0 Å². The molecule has 1 aliphatic rings. The normalized spacial score (nSPS) is 22.7. The molecule has 1 aromatic heterocycles. The Hall–Kier alpha value is -1.56. The van der Waals surface area contributed by atoms with Crippen LogP contribution in [-0.4, -0.2) is 29.5 Å². The quantitative estimate of drug-likeness (QED) is 0.858. The molecule has 0 radical (unpaired) electrons. The van der Waals surface area contributed by atoms with Crippen LogP contribution in [0.5, 0.6) is 0 Å². The molecule has 1 aromatic carbocycles. The van der Waals surface area contributed by atoms with Crippen molar-refractivity contribution in [1.29, 1.82) is 0 Å². The summed E-state index contributed by atoms with van der Waals surface area (Å²) in [5.41, 5.74) is 2.37. The molecule has 0 spiro atoms. The maximum atomic E-state index is 12.1. The molecule has 102 valence electrons. The minimum atomic E-state index is -3.03. The van der Waals surface area contributed by atoms with Gasteiger partial charge in [0.2, 0.25) is 0 Å². The van der Waals surface area contributed by atoms with Gasteiger partial charge in [-0.25, -0.2) is 13.2 Å². The van der Waals surface area contributed by atoms with Crippen molar-refractivity contribution in [3.05, 3.63) is 34.2 Å². The fourth-order valence-electron chi connectivity index (χ4n) is 2.91. The van der Waals surface area contributed by atoms with Gasteiger partial charge < -0.3 is 4.98 Å². The fourth-order valence-corrected chi connectivity index (χ4v) is 4.58. The zero-order valence-electron chi connectivity index (χ0n) is 10.7. The van der Waals surface area contributed by atoms with Gasteiger partial charge >= 0.3 is 5.69 Å². The van der Waals surface area contributed by atoms with Gasteiger partial charge in [-0.2, -0.15) is 0 Å². The number of nitrogens with one attached hydrogen (secondary N) is 1. The first-order valence-corrected chi connectivity index (χ1v) is 8.20. The Morgan fingerprint density at radius 3 is 2.89 bits per heavy atom. The molecule has 6 heteroatoms. The molecule has 3 rings (SSSR count). The average Bonchev–Trinajstić information content (AvgIpc) is 2.65. The van der Waals surface area contributed by atoms with Crippen molar-refractivity contribution in [1.82, 2.24) is 9.55 Å². The van der Waals surface area contributed by atoms with Crippen LogP contribution in [0.2, 0.25) is 0 Å². The van der Waals surface area contributed by atoms with E-state index < -0.39 is 9.84 Å². The van der Waals surface area contributed by atoms with E-state index in [1.54, 1.807) is 4.57 Å². The molecule has 5 nitrogen and oxygen atoms in total. The number of H-pyrrole nitrogens is 1. The summed E-state index contributed by atoms with van der Waals surface area (Å²) in [5.74, 6) is 0.299. The van der Waals surface area contributed by atoms with Crippen molar-refractivity contribution in [2.45, 2.75) is 25.8 Å². The predicted octanol–water partition coefficient (Wildman–Crippen LogP) is 1.39. The number of aryl methyl sites for hydroxylation is 1. The smallest absolute Gasteiger partial charge is 0.306 e. The lowest BCUT2D eigenvalue weighted by atomic mass is 10.1. The number of imidazole rings is 1. The van der Waals surface area contributed by atoms with Crippen LogP contribution in [0.1, 0.15) is 24.4 Å². The van der Waals surface area contributed by atoms with Gasteiger partial charge in [0, 0.05) is 0 Å². The first kappa shape index (κ1) is 12.5. The van der Waals surface area contributed by atoms with E-state index in [1.807, 2.05) is 25.1 Å². The summed E-state index contributed by atoms with van der Waals surface area (Å²) in [7, 11) is -3.03. The van der Waals surface area contributed by atoms with Crippen LogP contribution in [0.15, 0.2) is 23.0 Å². The third kappa shape index (κ3) is 2.10. The fraction of sp³-hybridized carbons (Fsp3) is 0.462. The average molecular weight is 280 g/mol. The van der Waals surface area contributed by atoms with Crippen molar-refractivity contribution in [2.24, 2.45) is 0 Å². The molecule has 19 heavy (non-hydrogen) atoms. The Morgan fingerprint density at radius 2 is 2.16 bits per heavy atom. The van der Waals surface area contributed by atoms with Crippen molar-refractivity contribution < 1.29 is 8.42 Å². The van der Waals surface area contributed by atoms with Gasteiger partial charge in [-0.05, 0) is 31.4 Å². The van der Waals surface area contributed by atoms with E-state index in [9.17, 15) is 13.2 Å². The summed E-state index contributed by atoms with van der Waals surface area (Å²) >= 11 is 0. The highest BCUT2D eigenvalue weighted by Crippen LogP contribution is 2.26. The Morgan fingerprint density at radius 1 is 1.37 bits per heavy atom. The highest BCUT2D eigenvalue weighted by atomic mass is 32.2. The summed E-state index contributed by atoms with van der Waals surface area (Å²) in [5, 5.41) is 0. The number of nitrogens with zero attached hydrogens (tertiary/aromatic N) is 1. The van der Waals surface area contributed by atoms with E-state index in [0.29, 0.717) is 6.42 Å². The third-order valence-corrected chi connectivity index (χ3v) is 5.55. The van der Waals surface area contributed by atoms with Gasteiger partial charge in [-0.1, -0.05) is 12.1 Å². The maximum Gasteiger partial charge on any atom is 0.326 e. The standard InChI is InChI=1S/C13H16N2O3S/c1-9-4-2-6-11-12(9)15(13(16)14-11)10-5-3-7-19(17,18)8-10/h2,4,6,10H,3,5,7-8H2,1H3,(H,14,16). The highest BCUT2D eigenvalue weighted by molar-refractivity contribution is 7.91. The van der Waals surface area contributed by atoms with E-state index in [0.717, 1.165) is 23.0 Å². The predicted molar refractivity (Wildman–Crippen MR) is 74.2 cm³/mol. The van der Waals surface area contributed by atoms with E-state index in [-0.39, 0.29) is 23.2 Å². The van der Waals surface area contributed by atoms with Gasteiger partial charge in [0.05, 0.1) is 28.6 Å². The summed E-state index contributed by atoms with van der Waals surface area (Å²) in [4.78, 5) is 14.9. The van der Waals surface area contributed by atoms with E-state index in [1.165, 1.54) is 0 Å². The Labute approximate surface area is 111 Å². The monoisotopic (exact) mass is 280 g/mol. The highest BCUT2D eigenvalue weighted by Gasteiger charge is 2.28. The van der Waals surface area contributed by atoms with E-state index in [2.05, 4.69) is 4.98 Å². The molecule has 1 unspecified atom stereocenters. The summed E-state index contributed by atoms with van der Waals surface area (Å²) < 4.78 is 25.2. The lowest BCUT2D eigenvalue weighted by molar-refractivity contribution is 0.470. The molecule has 2 aromatic rings. The van der Waals surface area contributed by atoms with Crippen LogP contribution in [0.3, 0.4) is 0 Å². The molecular weight excluding hydrogens is 264 g/mol. The number of hydrogen-bond acceptors (Lipinski definition) is 3. The van der Waals surface area contributed by atoms with Crippen LogP contribution in [-0.2, 0) is 9.84 Å². The number of para-hydroxylation sites is 1. The van der Waals surface area contributed by atoms with Crippen LogP contribution in [0, 0.1) is 6.92 Å². The van der Waals surface area contributed by atoms with Gasteiger partial charge in [0.1, 0.15) is 0 Å². The minimum Gasteiger partial charge on any atom is -0.306 e. The van der Waals surface area contributed by atoms with Gasteiger partial charge in [-0.15, -0.1) is 0 Å². The number of aromatic nitrogens is 2.